The molecular weight excluding hydrogens is 331 g/mol. The molecule has 0 aromatic heterocycles. The van der Waals surface area contributed by atoms with Gasteiger partial charge in [0.15, 0.2) is 9.84 Å². The van der Waals surface area contributed by atoms with Gasteiger partial charge in [0.1, 0.15) is 5.75 Å². The molecule has 23 heavy (non-hydrogen) atoms. The summed E-state index contributed by atoms with van der Waals surface area (Å²) in [5.41, 5.74) is -1.04. The fourth-order valence-electron chi connectivity index (χ4n) is 2.52. The van der Waals surface area contributed by atoms with Crippen molar-refractivity contribution in [1.82, 2.24) is 4.90 Å². The Morgan fingerprint density at radius 3 is 2.26 bits per heavy atom. The molecule has 1 aliphatic rings. The van der Waals surface area contributed by atoms with Gasteiger partial charge in [-0.05, 0) is 31.0 Å². The van der Waals surface area contributed by atoms with E-state index in [-0.39, 0.29) is 0 Å². The van der Waals surface area contributed by atoms with E-state index in [9.17, 15) is 26.4 Å². The predicted molar refractivity (Wildman–Crippen MR) is 78.5 cm³/mol. The van der Waals surface area contributed by atoms with Gasteiger partial charge in [-0.25, -0.2) is 8.42 Å². The van der Waals surface area contributed by atoms with E-state index in [1.807, 2.05) is 0 Å². The Bertz CT molecular complexity index is 663. The third-order valence-electron chi connectivity index (χ3n) is 3.79. The van der Waals surface area contributed by atoms with E-state index in [1.165, 1.54) is 4.90 Å². The number of halogens is 3. The SMILES string of the molecule is O=C(CS(=O)(=O)c1cccc(C(F)(F)F)c1)N1CCCCCC1. The number of rotatable bonds is 3. The van der Waals surface area contributed by atoms with Crippen LogP contribution in [0.25, 0.3) is 0 Å². The lowest BCUT2D eigenvalue weighted by Crippen LogP contribution is -2.36. The van der Waals surface area contributed by atoms with Crippen molar-refractivity contribution in [2.75, 3.05) is 18.8 Å². The monoisotopic (exact) mass is 349 g/mol. The highest BCUT2D eigenvalue weighted by Gasteiger charge is 2.32. The molecule has 1 aromatic carbocycles. The van der Waals surface area contributed by atoms with Crippen molar-refractivity contribution in [3.63, 3.8) is 0 Å². The minimum atomic E-state index is -4.62. The summed E-state index contributed by atoms with van der Waals surface area (Å²) in [5, 5.41) is 0. The molecule has 1 saturated heterocycles. The number of sulfone groups is 1. The number of benzene rings is 1. The van der Waals surface area contributed by atoms with Gasteiger partial charge in [0.05, 0.1) is 10.5 Å². The highest BCUT2D eigenvalue weighted by atomic mass is 32.2. The molecule has 0 radical (unpaired) electrons. The maximum atomic E-state index is 12.7. The van der Waals surface area contributed by atoms with Crippen LogP contribution in [0.5, 0.6) is 0 Å². The lowest BCUT2D eigenvalue weighted by atomic mass is 10.2. The van der Waals surface area contributed by atoms with Gasteiger partial charge in [-0.2, -0.15) is 13.2 Å². The number of likely N-dealkylation sites (tertiary alicyclic amines) is 1. The maximum absolute atomic E-state index is 12.7. The zero-order valence-corrected chi connectivity index (χ0v) is 13.3. The average molecular weight is 349 g/mol. The Morgan fingerprint density at radius 2 is 1.70 bits per heavy atom. The van der Waals surface area contributed by atoms with E-state index in [1.54, 1.807) is 0 Å². The van der Waals surface area contributed by atoms with E-state index >= 15 is 0 Å². The summed E-state index contributed by atoms with van der Waals surface area (Å²) >= 11 is 0. The molecule has 1 aliphatic heterocycles. The second-order valence-corrected chi connectivity index (χ2v) is 7.57. The second-order valence-electron chi connectivity index (χ2n) is 5.58. The van der Waals surface area contributed by atoms with Gasteiger partial charge in [0.2, 0.25) is 5.91 Å². The number of alkyl halides is 3. The molecule has 0 bridgehead atoms. The summed E-state index contributed by atoms with van der Waals surface area (Å²) in [4.78, 5) is 13.2. The molecule has 0 spiro atoms. The molecule has 4 nitrogen and oxygen atoms in total. The summed E-state index contributed by atoms with van der Waals surface area (Å²) in [6.07, 6.45) is -1.01. The minimum absolute atomic E-state index is 0.476. The van der Waals surface area contributed by atoms with Crippen molar-refractivity contribution in [2.24, 2.45) is 0 Å². The molecule has 0 aliphatic carbocycles. The Morgan fingerprint density at radius 1 is 1.09 bits per heavy atom. The Hall–Kier alpha value is -1.57. The zero-order chi connectivity index (χ0) is 17.1. The first-order chi connectivity index (χ1) is 10.7. The van der Waals surface area contributed by atoms with Crippen LogP contribution in [-0.4, -0.2) is 38.1 Å². The van der Waals surface area contributed by atoms with E-state index in [0.717, 1.165) is 43.9 Å². The number of hydrogen-bond acceptors (Lipinski definition) is 3. The lowest BCUT2D eigenvalue weighted by molar-refractivity contribution is -0.137. The summed E-state index contributed by atoms with van der Waals surface area (Å²) in [6.45, 7) is 0.994. The molecule has 0 N–H and O–H groups in total. The lowest BCUT2D eigenvalue weighted by Gasteiger charge is -2.20. The first-order valence-corrected chi connectivity index (χ1v) is 9.03. The number of hydrogen-bond donors (Lipinski definition) is 0. The summed E-state index contributed by atoms with van der Waals surface area (Å²) in [6, 6.07) is 3.49. The topological polar surface area (TPSA) is 54.5 Å². The fraction of sp³-hybridized carbons (Fsp3) is 0.533. The predicted octanol–water partition coefficient (Wildman–Crippen LogP) is 2.88. The third-order valence-corrected chi connectivity index (χ3v) is 5.39. The normalized spacial score (nSPS) is 16.9. The van der Waals surface area contributed by atoms with Gasteiger partial charge in [-0.15, -0.1) is 0 Å². The molecule has 8 heteroatoms. The quantitative estimate of drug-likeness (QED) is 0.843. The molecule has 128 valence electrons. The molecule has 1 amide bonds. The molecule has 1 heterocycles. The van der Waals surface area contributed by atoms with Gasteiger partial charge >= 0.3 is 6.18 Å². The van der Waals surface area contributed by atoms with Crippen LogP contribution in [0.3, 0.4) is 0 Å². The molecule has 0 atom stereocenters. The number of carbonyl (C=O) groups excluding carboxylic acids is 1. The first kappa shape index (κ1) is 17.8. The smallest absolute Gasteiger partial charge is 0.342 e. The van der Waals surface area contributed by atoms with Crippen molar-refractivity contribution in [1.29, 1.82) is 0 Å². The number of amides is 1. The van der Waals surface area contributed by atoms with Crippen LogP contribution in [0.4, 0.5) is 13.2 Å². The van der Waals surface area contributed by atoms with Crippen molar-refractivity contribution in [2.45, 2.75) is 36.8 Å². The van der Waals surface area contributed by atoms with Crippen LogP contribution >= 0.6 is 0 Å². The average Bonchev–Trinajstić information content (AvgIpc) is 2.75. The number of nitrogens with zero attached hydrogens (tertiary/aromatic N) is 1. The Balaban J connectivity index is 2.16. The maximum Gasteiger partial charge on any atom is 0.416 e. The highest BCUT2D eigenvalue weighted by molar-refractivity contribution is 7.92. The summed E-state index contributed by atoms with van der Waals surface area (Å²) in [7, 11) is -4.09. The fourth-order valence-corrected chi connectivity index (χ4v) is 3.79. The van der Waals surface area contributed by atoms with Crippen LogP contribution < -0.4 is 0 Å². The Kier molecular flexibility index (Phi) is 5.33. The molecular formula is C15H18F3NO3S. The van der Waals surface area contributed by atoms with Crippen LogP contribution in [0.2, 0.25) is 0 Å². The van der Waals surface area contributed by atoms with Crippen molar-refractivity contribution >= 4 is 15.7 Å². The first-order valence-electron chi connectivity index (χ1n) is 7.38. The summed E-state index contributed by atoms with van der Waals surface area (Å²) < 4.78 is 62.5. The van der Waals surface area contributed by atoms with E-state index in [0.29, 0.717) is 19.2 Å². The van der Waals surface area contributed by atoms with Gasteiger partial charge in [-0.1, -0.05) is 18.9 Å². The van der Waals surface area contributed by atoms with E-state index in [4.69, 9.17) is 0 Å². The Labute approximate surface area is 133 Å². The van der Waals surface area contributed by atoms with Crippen LogP contribution in [0.15, 0.2) is 29.2 Å². The summed E-state index contributed by atoms with van der Waals surface area (Å²) in [5.74, 6) is -1.35. The van der Waals surface area contributed by atoms with Crippen LogP contribution in [-0.2, 0) is 20.8 Å². The van der Waals surface area contributed by atoms with Crippen molar-refractivity contribution in [3.8, 4) is 0 Å². The molecule has 0 saturated carbocycles. The molecule has 1 aromatic rings. The standard InChI is InChI=1S/C15H18F3NO3S/c16-15(17,18)12-6-5-7-13(10-12)23(21,22)11-14(20)19-8-3-1-2-4-9-19/h5-7,10H,1-4,8-9,11H2. The van der Waals surface area contributed by atoms with Gasteiger partial charge in [-0.3, -0.25) is 4.79 Å². The minimum Gasteiger partial charge on any atom is -0.342 e. The second kappa shape index (κ2) is 6.90. The highest BCUT2D eigenvalue weighted by Crippen LogP contribution is 2.30. The van der Waals surface area contributed by atoms with E-state index in [2.05, 4.69) is 0 Å². The molecule has 2 rings (SSSR count). The van der Waals surface area contributed by atoms with Crippen molar-refractivity contribution in [3.05, 3.63) is 29.8 Å². The largest absolute Gasteiger partial charge is 0.416 e. The van der Waals surface area contributed by atoms with E-state index < -0.39 is 38.1 Å². The van der Waals surface area contributed by atoms with Gasteiger partial charge < -0.3 is 4.90 Å². The van der Waals surface area contributed by atoms with Gasteiger partial charge in [0.25, 0.3) is 0 Å². The zero-order valence-electron chi connectivity index (χ0n) is 12.5. The van der Waals surface area contributed by atoms with Crippen LogP contribution in [0, 0.1) is 0 Å². The number of carbonyl (C=O) groups is 1. The molecule has 1 fully saturated rings. The van der Waals surface area contributed by atoms with Crippen molar-refractivity contribution < 1.29 is 26.4 Å². The third kappa shape index (κ3) is 4.70. The van der Waals surface area contributed by atoms with Crippen LogP contribution in [0.1, 0.15) is 31.2 Å². The molecule has 0 unspecified atom stereocenters. The van der Waals surface area contributed by atoms with Gasteiger partial charge in [0, 0.05) is 13.1 Å².